The Hall–Kier alpha value is -2.13. The van der Waals surface area contributed by atoms with Gasteiger partial charge < -0.3 is 4.90 Å². The minimum absolute atomic E-state index is 0.263. The predicted molar refractivity (Wildman–Crippen MR) is 161 cm³/mol. The van der Waals surface area contributed by atoms with Crippen molar-refractivity contribution in [3.63, 3.8) is 0 Å². The Balaban J connectivity index is 1.39. The first kappa shape index (κ1) is 29.4. The molecular formula is C34H52N2O. The molecule has 1 fully saturated rings. The van der Waals surface area contributed by atoms with Gasteiger partial charge in [-0.2, -0.15) is 0 Å². The zero-order valence-corrected chi connectivity index (χ0v) is 24.0. The number of unbranched alkanes of at least 4 members (excludes halogenated alkanes) is 8. The summed E-state index contributed by atoms with van der Waals surface area (Å²) >= 11 is 0. The zero-order chi connectivity index (χ0) is 26.3. The van der Waals surface area contributed by atoms with Gasteiger partial charge in [-0.05, 0) is 107 Å². The maximum absolute atomic E-state index is 13.2. The van der Waals surface area contributed by atoms with E-state index in [2.05, 4.69) is 74.5 Å². The Labute approximate surface area is 227 Å². The second-order valence-corrected chi connectivity index (χ2v) is 11.1. The van der Waals surface area contributed by atoms with Crippen LogP contribution in [0.25, 0.3) is 10.9 Å². The topological polar surface area (TPSA) is 25.2 Å². The molecule has 2 heterocycles. The molecule has 0 atom stereocenters. The molecule has 3 rings (SSSR count). The summed E-state index contributed by atoms with van der Waals surface area (Å²) < 4.78 is 1.98. The fourth-order valence-corrected chi connectivity index (χ4v) is 5.58. The van der Waals surface area contributed by atoms with E-state index in [9.17, 15) is 4.79 Å². The van der Waals surface area contributed by atoms with Crippen LogP contribution in [-0.2, 0) is 6.42 Å². The van der Waals surface area contributed by atoms with Crippen LogP contribution in [0.4, 0.5) is 0 Å². The van der Waals surface area contributed by atoms with Crippen molar-refractivity contribution in [2.24, 2.45) is 0 Å². The van der Waals surface area contributed by atoms with Crippen molar-refractivity contribution in [1.82, 2.24) is 9.47 Å². The molecule has 0 aliphatic carbocycles. The highest BCUT2D eigenvalue weighted by atomic mass is 16.2. The highest BCUT2D eigenvalue weighted by Crippen LogP contribution is 2.35. The number of likely N-dealkylation sites (tertiary alicyclic amines) is 1. The van der Waals surface area contributed by atoms with Crippen molar-refractivity contribution >= 4 is 16.8 Å². The van der Waals surface area contributed by atoms with Gasteiger partial charge in [-0.15, -0.1) is 0 Å². The minimum Gasteiger partial charge on any atom is -0.306 e. The molecule has 1 aromatic heterocycles. The van der Waals surface area contributed by atoms with Gasteiger partial charge in [0.2, 0.25) is 5.91 Å². The molecule has 37 heavy (non-hydrogen) atoms. The van der Waals surface area contributed by atoms with E-state index in [1.807, 2.05) is 4.57 Å². The molecule has 0 unspecified atom stereocenters. The predicted octanol–water partition coefficient (Wildman–Crippen LogP) is 9.47. The van der Waals surface area contributed by atoms with E-state index in [0.29, 0.717) is 12.3 Å². The summed E-state index contributed by atoms with van der Waals surface area (Å²) in [4.78, 5) is 15.7. The average molecular weight is 505 g/mol. The van der Waals surface area contributed by atoms with Crippen molar-refractivity contribution in [2.75, 3.05) is 20.1 Å². The zero-order valence-electron chi connectivity index (χ0n) is 24.0. The van der Waals surface area contributed by atoms with Crippen molar-refractivity contribution < 1.29 is 4.79 Å². The Kier molecular flexibility index (Phi) is 13.2. The van der Waals surface area contributed by atoms with Crippen molar-refractivity contribution in [3.05, 3.63) is 59.8 Å². The number of fused-ring (bicyclic) bond motifs is 1. The molecule has 0 N–H and O–H groups in total. The SMILES string of the molecule is CCCCC/C=C\C/C=C\CCCCCCCC(=O)n1cc(C2CCN(C)CC2)c2cc(CC)ccc21. The van der Waals surface area contributed by atoms with E-state index >= 15 is 0 Å². The molecule has 204 valence electrons. The maximum Gasteiger partial charge on any atom is 0.231 e. The van der Waals surface area contributed by atoms with Gasteiger partial charge in [-0.3, -0.25) is 9.36 Å². The van der Waals surface area contributed by atoms with Gasteiger partial charge in [-0.25, -0.2) is 0 Å². The fraction of sp³-hybridized carbons (Fsp3) is 0.618. The van der Waals surface area contributed by atoms with E-state index in [1.165, 1.54) is 80.7 Å². The van der Waals surface area contributed by atoms with Gasteiger partial charge in [0.05, 0.1) is 5.52 Å². The summed E-state index contributed by atoms with van der Waals surface area (Å²) in [7, 11) is 2.21. The fourth-order valence-electron chi connectivity index (χ4n) is 5.58. The van der Waals surface area contributed by atoms with E-state index in [4.69, 9.17) is 0 Å². The molecule has 1 saturated heterocycles. The third-order valence-electron chi connectivity index (χ3n) is 8.08. The first-order valence-corrected chi connectivity index (χ1v) is 15.3. The summed E-state index contributed by atoms with van der Waals surface area (Å²) in [5, 5.41) is 1.31. The summed E-state index contributed by atoms with van der Waals surface area (Å²) in [6, 6.07) is 6.72. The minimum atomic E-state index is 0.263. The molecule has 1 aliphatic heterocycles. The van der Waals surface area contributed by atoms with Crippen LogP contribution >= 0.6 is 0 Å². The molecule has 2 aromatic rings. The molecular weight excluding hydrogens is 452 g/mol. The highest BCUT2D eigenvalue weighted by Gasteiger charge is 2.23. The van der Waals surface area contributed by atoms with Crippen molar-refractivity contribution in [1.29, 1.82) is 0 Å². The van der Waals surface area contributed by atoms with Crippen LogP contribution < -0.4 is 0 Å². The summed E-state index contributed by atoms with van der Waals surface area (Å²) in [6.45, 7) is 6.75. The van der Waals surface area contributed by atoms with Crippen LogP contribution in [0.5, 0.6) is 0 Å². The second kappa shape index (κ2) is 16.7. The average Bonchev–Trinajstić information content (AvgIpc) is 3.30. The number of aromatic nitrogens is 1. The number of carbonyl (C=O) groups is 1. The molecule has 3 nitrogen and oxygen atoms in total. The Morgan fingerprint density at radius 2 is 1.57 bits per heavy atom. The number of nitrogens with zero attached hydrogens (tertiary/aromatic N) is 2. The lowest BCUT2D eigenvalue weighted by Gasteiger charge is -2.28. The van der Waals surface area contributed by atoms with Gasteiger partial charge in [-0.1, -0.05) is 76.3 Å². The smallest absolute Gasteiger partial charge is 0.231 e. The van der Waals surface area contributed by atoms with Crippen LogP contribution in [0.1, 0.15) is 126 Å². The second-order valence-electron chi connectivity index (χ2n) is 11.1. The largest absolute Gasteiger partial charge is 0.306 e. The molecule has 0 amide bonds. The number of benzene rings is 1. The van der Waals surface area contributed by atoms with Gasteiger partial charge in [0.25, 0.3) is 0 Å². The van der Waals surface area contributed by atoms with Crippen molar-refractivity contribution in [2.45, 2.75) is 116 Å². The Morgan fingerprint density at radius 3 is 2.27 bits per heavy atom. The molecule has 0 radical (unpaired) electrons. The number of hydrogen-bond acceptors (Lipinski definition) is 2. The lowest BCUT2D eigenvalue weighted by atomic mass is 9.89. The molecule has 0 spiro atoms. The number of hydrogen-bond donors (Lipinski definition) is 0. The summed E-state index contributed by atoms with van der Waals surface area (Å²) in [5.74, 6) is 0.829. The third kappa shape index (κ3) is 9.60. The number of carbonyl (C=O) groups excluding carboxylic acids is 1. The van der Waals surface area contributed by atoms with Crippen LogP contribution in [0.3, 0.4) is 0 Å². The van der Waals surface area contributed by atoms with E-state index in [0.717, 1.165) is 44.3 Å². The first-order chi connectivity index (χ1) is 18.1. The first-order valence-electron chi connectivity index (χ1n) is 15.3. The van der Waals surface area contributed by atoms with E-state index in [1.54, 1.807) is 0 Å². The van der Waals surface area contributed by atoms with E-state index in [-0.39, 0.29) is 5.91 Å². The maximum atomic E-state index is 13.2. The van der Waals surface area contributed by atoms with Crippen LogP contribution in [0.2, 0.25) is 0 Å². The molecule has 3 heteroatoms. The number of aryl methyl sites for hydroxylation is 1. The van der Waals surface area contributed by atoms with Gasteiger partial charge >= 0.3 is 0 Å². The molecule has 1 aliphatic rings. The number of rotatable bonds is 16. The number of piperidine rings is 1. The standard InChI is InChI=1S/C34H52N2O/c1-4-6-7-8-9-10-11-12-13-14-15-16-17-18-19-20-34(37)36-28-32(30-23-25-35(3)26-24-30)31-27-29(5-2)21-22-33(31)36/h9-10,12-13,21-22,27-28,30H,4-8,11,14-20,23-26H2,1-3H3/b10-9-,13-12-. The van der Waals surface area contributed by atoms with Crippen LogP contribution in [0.15, 0.2) is 48.7 Å². The van der Waals surface area contributed by atoms with E-state index < -0.39 is 0 Å². The third-order valence-corrected chi connectivity index (χ3v) is 8.08. The Bertz CT molecular complexity index is 991. The van der Waals surface area contributed by atoms with Crippen molar-refractivity contribution in [3.8, 4) is 0 Å². The quantitative estimate of drug-likeness (QED) is 0.168. The lowest BCUT2D eigenvalue weighted by molar-refractivity contribution is 0.0904. The van der Waals surface area contributed by atoms with Gasteiger partial charge in [0.15, 0.2) is 0 Å². The number of allylic oxidation sites excluding steroid dienone is 4. The summed E-state index contributed by atoms with van der Waals surface area (Å²) in [5.41, 5.74) is 3.87. The molecule has 0 bridgehead atoms. The monoisotopic (exact) mass is 504 g/mol. The Morgan fingerprint density at radius 1 is 0.892 bits per heavy atom. The van der Waals surface area contributed by atoms with Gasteiger partial charge in [0.1, 0.15) is 0 Å². The van der Waals surface area contributed by atoms with Crippen LogP contribution in [-0.4, -0.2) is 35.5 Å². The normalized spacial score (nSPS) is 15.5. The lowest BCUT2D eigenvalue weighted by Crippen LogP contribution is -2.29. The highest BCUT2D eigenvalue weighted by molar-refractivity contribution is 5.95. The summed E-state index contributed by atoms with van der Waals surface area (Å²) in [6.07, 6.45) is 28.9. The molecule has 1 aromatic carbocycles. The van der Waals surface area contributed by atoms with Gasteiger partial charge in [0, 0.05) is 18.0 Å². The van der Waals surface area contributed by atoms with Crippen LogP contribution in [0, 0.1) is 0 Å². The molecule has 0 saturated carbocycles.